The lowest BCUT2D eigenvalue weighted by Crippen LogP contribution is -2.01. The van der Waals surface area contributed by atoms with Gasteiger partial charge in [-0.3, -0.25) is 5.10 Å². The first-order valence-corrected chi connectivity index (χ1v) is 4.38. The van der Waals surface area contributed by atoms with E-state index in [-0.39, 0.29) is 5.69 Å². The van der Waals surface area contributed by atoms with Crippen LogP contribution in [0.3, 0.4) is 0 Å². The molecular weight excluding hydrogens is 210 g/mol. The van der Waals surface area contributed by atoms with Gasteiger partial charge >= 0.3 is 5.97 Å². The number of benzene rings is 1. The zero-order valence-electron chi connectivity index (χ0n) is 8.34. The number of fused-ring (bicyclic) bond motifs is 1. The molecule has 1 aromatic carbocycles. The number of carbonyl (C=O) groups excluding carboxylic acids is 1. The Bertz CT molecular complexity index is 597. The number of aromatic nitrogens is 2. The van der Waals surface area contributed by atoms with Gasteiger partial charge in [0.1, 0.15) is 0 Å². The van der Waals surface area contributed by atoms with Crippen molar-refractivity contribution in [2.45, 2.75) is 0 Å². The van der Waals surface area contributed by atoms with E-state index in [2.05, 4.69) is 25.0 Å². The molecule has 0 aliphatic carbocycles. The van der Waals surface area contributed by atoms with E-state index in [1.807, 2.05) is 0 Å². The van der Waals surface area contributed by atoms with Crippen molar-refractivity contribution in [3.8, 4) is 0 Å². The van der Waals surface area contributed by atoms with Crippen LogP contribution in [0.4, 0.5) is 5.69 Å². The number of hydrogen-bond donors (Lipinski definition) is 1. The number of ether oxygens (including phenoxy) is 1. The quantitative estimate of drug-likeness (QED) is 0.361. The molecule has 7 heteroatoms. The van der Waals surface area contributed by atoms with Crippen LogP contribution in [0, 0.1) is 0 Å². The van der Waals surface area contributed by atoms with Gasteiger partial charge in [-0.15, -0.1) is 0 Å². The number of nitrogens with one attached hydrogen (secondary N) is 1. The normalized spacial score (nSPS) is 9.81. The molecule has 1 N–H and O–H groups in total. The van der Waals surface area contributed by atoms with Crippen molar-refractivity contribution in [2.24, 2.45) is 5.11 Å². The molecule has 80 valence electrons. The van der Waals surface area contributed by atoms with Crippen LogP contribution in [-0.2, 0) is 4.74 Å². The number of hydrogen-bond acceptors (Lipinski definition) is 4. The Morgan fingerprint density at radius 2 is 2.44 bits per heavy atom. The summed E-state index contributed by atoms with van der Waals surface area (Å²) < 4.78 is 4.58. The Labute approximate surface area is 89.6 Å². The molecule has 0 unspecified atom stereocenters. The molecule has 1 aromatic heterocycles. The lowest BCUT2D eigenvalue weighted by molar-refractivity contribution is 0.0596. The van der Waals surface area contributed by atoms with E-state index in [1.165, 1.54) is 7.11 Å². The highest BCUT2D eigenvalue weighted by molar-refractivity contribution is 6.02. The molecule has 7 nitrogen and oxygen atoms in total. The van der Waals surface area contributed by atoms with Crippen molar-refractivity contribution in [1.82, 2.24) is 10.2 Å². The number of aromatic amines is 1. The number of esters is 1. The largest absolute Gasteiger partial charge is 0.464 e. The summed E-state index contributed by atoms with van der Waals surface area (Å²) in [6.45, 7) is 0. The first-order valence-electron chi connectivity index (χ1n) is 4.38. The van der Waals surface area contributed by atoms with Crippen LogP contribution >= 0.6 is 0 Å². The van der Waals surface area contributed by atoms with Gasteiger partial charge in [-0.2, -0.15) is 5.10 Å². The fourth-order valence-electron chi connectivity index (χ4n) is 1.37. The summed E-state index contributed by atoms with van der Waals surface area (Å²) in [7, 11) is 1.28. The summed E-state index contributed by atoms with van der Waals surface area (Å²) in [5.41, 5.74) is 9.58. The highest BCUT2D eigenvalue weighted by Crippen LogP contribution is 2.22. The van der Waals surface area contributed by atoms with Crippen molar-refractivity contribution < 1.29 is 9.53 Å². The second-order valence-corrected chi connectivity index (χ2v) is 2.98. The minimum Gasteiger partial charge on any atom is -0.464 e. The van der Waals surface area contributed by atoms with Gasteiger partial charge in [0.15, 0.2) is 5.69 Å². The molecule has 16 heavy (non-hydrogen) atoms. The number of carbonyl (C=O) groups is 1. The number of rotatable bonds is 2. The number of H-pyrrole nitrogens is 1. The van der Waals surface area contributed by atoms with Crippen LogP contribution in [0.1, 0.15) is 10.5 Å². The van der Waals surface area contributed by atoms with Gasteiger partial charge in [-0.25, -0.2) is 4.79 Å². The van der Waals surface area contributed by atoms with E-state index in [4.69, 9.17) is 5.53 Å². The smallest absolute Gasteiger partial charge is 0.359 e. The summed E-state index contributed by atoms with van der Waals surface area (Å²) in [5.74, 6) is -0.538. The fourth-order valence-corrected chi connectivity index (χ4v) is 1.37. The molecule has 0 radical (unpaired) electrons. The molecule has 0 bridgehead atoms. The van der Waals surface area contributed by atoms with E-state index < -0.39 is 5.97 Å². The predicted molar refractivity (Wildman–Crippen MR) is 56.2 cm³/mol. The van der Waals surface area contributed by atoms with E-state index in [0.29, 0.717) is 16.6 Å². The SMILES string of the molecule is COC(=O)c1n[nH]c2ccc(N=[N+]=[N-])cc12. The van der Waals surface area contributed by atoms with Gasteiger partial charge in [-0.05, 0) is 17.7 Å². The molecule has 0 aliphatic rings. The van der Waals surface area contributed by atoms with Crippen molar-refractivity contribution in [2.75, 3.05) is 7.11 Å². The number of nitrogens with zero attached hydrogens (tertiary/aromatic N) is 4. The Morgan fingerprint density at radius 3 is 3.12 bits per heavy atom. The molecule has 0 aliphatic heterocycles. The van der Waals surface area contributed by atoms with Crippen LogP contribution in [-0.4, -0.2) is 23.3 Å². The summed E-state index contributed by atoms with van der Waals surface area (Å²) >= 11 is 0. The summed E-state index contributed by atoms with van der Waals surface area (Å²) in [4.78, 5) is 14.0. The van der Waals surface area contributed by atoms with Crippen LogP contribution in [0.2, 0.25) is 0 Å². The molecule has 0 spiro atoms. The third-order valence-corrected chi connectivity index (χ3v) is 2.09. The first-order chi connectivity index (χ1) is 7.76. The third kappa shape index (κ3) is 1.55. The molecule has 0 saturated heterocycles. The third-order valence-electron chi connectivity index (χ3n) is 2.09. The maximum absolute atomic E-state index is 11.3. The van der Waals surface area contributed by atoms with Gasteiger partial charge in [0.25, 0.3) is 0 Å². The number of azide groups is 1. The minimum atomic E-state index is -0.538. The Morgan fingerprint density at radius 1 is 1.62 bits per heavy atom. The summed E-state index contributed by atoms with van der Waals surface area (Å²) in [6.07, 6.45) is 0. The topological polar surface area (TPSA) is 104 Å². The molecule has 1 heterocycles. The molecule has 0 saturated carbocycles. The highest BCUT2D eigenvalue weighted by Gasteiger charge is 2.14. The van der Waals surface area contributed by atoms with Gasteiger partial charge < -0.3 is 4.74 Å². The van der Waals surface area contributed by atoms with Gasteiger partial charge in [0.2, 0.25) is 0 Å². The molecule has 2 rings (SSSR count). The minimum absolute atomic E-state index is 0.174. The maximum atomic E-state index is 11.3. The maximum Gasteiger partial charge on any atom is 0.359 e. The summed E-state index contributed by atoms with van der Waals surface area (Å²) in [6, 6.07) is 4.88. The molecule has 2 aromatic rings. The van der Waals surface area contributed by atoms with Crippen LogP contribution in [0.25, 0.3) is 21.3 Å². The van der Waals surface area contributed by atoms with Crippen molar-refractivity contribution in [3.63, 3.8) is 0 Å². The van der Waals surface area contributed by atoms with E-state index >= 15 is 0 Å². The van der Waals surface area contributed by atoms with Gasteiger partial charge in [-0.1, -0.05) is 11.2 Å². The zero-order valence-corrected chi connectivity index (χ0v) is 8.34. The van der Waals surface area contributed by atoms with E-state index in [9.17, 15) is 4.79 Å². The van der Waals surface area contributed by atoms with Crippen molar-refractivity contribution in [1.29, 1.82) is 0 Å². The molecule has 0 atom stereocenters. The second kappa shape index (κ2) is 3.92. The fraction of sp³-hybridized carbons (Fsp3) is 0.111. The lowest BCUT2D eigenvalue weighted by atomic mass is 10.2. The first kappa shape index (κ1) is 10.0. The van der Waals surface area contributed by atoms with E-state index in [0.717, 1.165) is 0 Å². The van der Waals surface area contributed by atoms with Crippen LogP contribution in [0.5, 0.6) is 0 Å². The molecular formula is C9H7N5O2. The predicted octanol–water partition coefficient (Wildman–Crippen LogP) is 2.29. The number of methoxy groups -OCH3 is 1. The Kier molecular flexibility index (Phi) is 2.45. The molecule has 0 fully saturated rings. The monoisotopic (exact) mass is 217 g/mol. The van der Waals surface area contributed by atoms with E-state index in [1.54, 1.807) is 18.2 Å². The van der Waals surface area contributed by atoms with Gasteiger partial charge in [0.05, 0.1) is 12.6 Å². The average Bonchev–Trinajstić information content (AvgIpc) is 2.71. The standard InChI is InChI=1S/C9H7N5O2/c1-16-9(15)8-6-4-5(11-14-10)2-3-7(6)12-13-8/h2-4H,1H3,(H,12,13). The van der Waals surface area contributed by atoms with Crippen LogP contribution in [0.15, 0.2) is 23.3 Å². The molecule has 0 amide bonds. The van der Waals surface area contributed by atoms with Crippen molar-refractivity contribution >= 4 is 22.6 Å². The van der Waals surface area contributed by atoms with Crippen molar-refractivity contribution in [3.05, 3.63) is 34.3 Å². The highest BCUT2D eigenvalue weighted by atomic mass is 16.5. The zero-order chi connectivity index (χ0) is 11.5. The lowest BCUT2D eigenvalue weighted by Gasteiger charge is -1.95. The average molecular weight is 217 g/mol. The Hall–Kier alpha value is -2.53. The Balaban J connectivity index is 2.64. The summed E-state index contributed by atoms with van der Waals surface area (Å²) in [5, 5.41) is 10.5. The van der Waals surface area contributed by atoms with Crippen LogP contribution < -0.4 is 0 Å². The second-order valence-electron chi connectivity index (χ2n) is 2.98. The van der Waals surface area contributed by atoms with Gasteiger partial charge in [0, 0.05) is 16.0 Å².